The van der Waals surface area contributed by atoms with Crippen molar-refractivity contribution in [2.24, 2.45) is 0 Å². The van der Waals surface area contributed by atoms with Crippen LogP contribution in [0.2, 0.25) is 0 Å². The molecule has 0 bridgehead atoms. The minimum absolute atomic E-state index is 0.691. The molecule has 150 valence electrons. The fourth-order valence-electron chi connectivity index (χ4n) is 4.01. The molecule has 0 amide bonds. The minimum atomic E-state index is 0.691. The normalized spacial score (nSPS) is 11.5. The topological polar surface area (TPSA) is 66.0 Å². The van der Waals surface area contributed by atoms with Crippen molar-refractivity contribution in [2.75, 3.05) is 7.11 Å². The first-order chi connectivity index (χ1) is 14.5. The van der Waals surface area contributed by atoms with Gasteiger partial charge in [0.05, 0.1) is 42.1 Å². The Hall–Kier alpha value is -3.67. The summed E-state index contributed by atoms with van der Waals surface area (Å²) in [5.74, 6) is 1.52. The first kappa shape index (κ1) is 18.4. The molecule has 5 aromatic rings. The number of pyridine rings is 1. The van der Waals surface area contributed by atoms with Gasteiger partial charge in [-0.25, -0.2) is 0 Å². The largest absolute Gasteiger partial charge is 0.496 e. The van der Waals surface area contributed by atoms with E-state index in [0.717, 1.165) is 50.1 Å². The number of rotatable bonds is 4. The smallest absolute Gasteiger partial charge is 0.141 e. The Morgan fingerprint density at radius 2 is 1.83 bits per heavy atom. The Morgan fingerprint density at radius 1 is 1.03 bits per heavy atom. The van der Waals surface area contributed by atoms with Gasteiger partial charge in [0.2, 0.25) is 0 Å². The molecule has 6 nitrogen and oxygen atoms in total. The van der Waals surface area contributed by atoms with Crippen molar-refractivity contribution in [3.05, 3.63) is 71.4 Å². The van der Waals surface area contributed by atoms with Gasteiger partial charge >= 0.3 is 0 Å². The van der Waals surface area contributed by atoms with Crippen molar-refractivity contribution < 1.29 is 9.26 Å². The van der Waals surface area contributed by atoms with Crippen LogP contribution >= 0.6 is 0 Å². The van der Waals surface area contributed by atoms with Crippen molar-refractivity contribution in [1.82, 2.24) is 19.9 Å². The maximum atomic E-state index is 5.76. The third-order valence-corrected chi connectivity index (χ3v) is 5.54. The summed E-state index contributed by atoms with van der Waals surface area (Å²) < 4.78 is 13.2. The van der Waals surface area contributed by atoms with E-state index in [1.165, 1.54) is 11.1 Å². The molecule has 0 saturated heterocycles. The summed E-state index contributed by atoms with van der Waals surface area (Å²) in [6, 6.07) is 12.6. The lowest BCUT2D eigenvalue weighted by atomic mass is 10.00. The zero-order valence-corrected chi connectivity index (χ0v) is 17.4. The molecule has 2 aromatic carbocycles. The molecule has 0 N–H and O–H groups in total. The number of fused-ring (bicyclic) bond motifs is 3. The quantitative estimate of drug-likeness (QED) is 0.415. The van der Waals surface area contributed by atoms with Crippen molar-refractivity contribution in [1.29, 1.82) is 0 Å². The van der Waals surface area contributed by atoms with Crippen LogP contribution in [0.1, 0.15) is 22.6 Å². The van der Waals surface area contributed by atoms with E-state index < -0.39 is 0 Å². The highest BCUT2D eigenvalue weighted by Gasteiger charge is 2.19. The average Bonchev–Trinajstić information content (AvgIpc) is 3.31. The Labute approximate surface area is 174 Å². The molecule has 0 spiro atoms. The Kier molecular flexibility index (Phi) is 4.28. The van der Waals surface area contributed by atoms with Crippen LogP contribution in [0, 0.1) is 20.8 Å². The standard InChI is InChI=1S/C24H22N4O2/c1-14-5-7-17(8-6-14)13-28-24-18(12-26-28)11-25-21-9-20(22(29-4)10-19(21)24)23-15(2)27-30-16(23)3/h5-12H,13H2,1-4H3. The van der Waals surface area contributed by atoms with Gasteiger partial charge in [-0.05, 0) is 38.5 Å². The van der Waals surface area contributed by atoms with E-state index in [1.54, 1.807) is 7.11 Å². The number of methoxy groups -OCH3 is 1. The Morgan fingerprint density at radius 3 is 2.53 bits per heavy atom. The summed E-state index contributed by atoms with van der Waals surface area (Å²) in [5, 5.41) is 10.7. The minimum Gasteiger partial charge on any atom is -0.496 e. The lowest BCUT2D eigenvalue weighted by Crippen LogP contribution is -2.02. The highest BCUT2D eigenvalue weighted by molar-refractivity contribution is 6.05. The van der Waals surface area contributed by atoms with Gasteiger partial charge < -0.3 is 9.26 Å². The molecule has 0 unspecified atom stereocenters. The lowest BCUT2D eigenvalue weighted by molar-refractivity contribution is 0.393. The van der Waals surface area contributed by atoms with Crippen molar-refractivity contribution in [3.63, 3.8) is 0 Å². The number of ether oxygens (including phenoxy) is 1. The SMILES string of the molecule is COc1cc2c(cc1-c1c(C)noc1C)ncc1cnn(Cc3ccc(C)cc3)c12. The molecule has 0 radical (unpaired) electrons. The molecule has 0 aliphatic rings. The highest BCUT2D eigenvalue weighted by Crippen LogP contribution is 2.38. The van der Waals surface area contributed by atoms with E-state index in [-0.39, 0.29) is 0 Å². The van der Waals surface area contributed by atoms with Gasteiger partial charge in [0.15, 0.2) is 0 Å². The molecule has 0 atom stereocenters. The number of nitrogens with zero attached hydrogens (tertiary/aromatic N) is 4. The monoisotopic (exact) mass is 398 g/mol. The van der Waals surface area contributed by atoms with E-state index in [1.807, 2.05) is 43.1 Å². The molecular weight excluding hydrogens is 376 g/mol. The maximum Gasteiger partial charge on any atom is 0.141 e. The van der Waals surface area contributed by atoms with Gasteiger partial charge in [0.1, 0.15) is 11.5 Å². The van der Waals surface area contributed by atoms with E-state index in [4.69, 9.17) is 9.26 Å². The summed E-state index contributed by atoms with van der Waals surface area (Å²) >= 11 is 0. The third kappa shape index (κ3) is 2.92. The van der Waals surface area contributed by atoms with Crippen LogP contribution in [0.15, 0.2) is 53.3 Å². The van der Waals surface area contributed by atoms with E-state index >= 15 is 0 Å². The molecule has 0 aliphatic carbocycles. The van der Waals surface area contributed by atoms with Crippen molar-refractivity contribution >= 4 is 21.8 Å². The lowest BCUT2D eigenvalue weighted by Gasteiger charge is -2.12. The van der Waals surface area contributed by atoms with Gasteiger partial charge in [-0.15, -0.1) is 0 Å². The first-order valence-corrected chi connectivity index (χ1v) is 9.86. The summed E-state index contributed by atoms with van der Waals surface area (Å²) in [6.45, 7) is 6.63. The summed E-state index contributed by atoms with van der Waals surface area (Å²) in [6.07, 6.45) is 3.74. The van der Waals surface area contributed by atoms with Crippen LogP contribution in [0.5, 0.6) is 5.75 Å². The molecule has 6 heteroatoms. The number of hydrogen-bond acceptors (Lipinski definition) is 5. The van der Waals surface area contributed by atoms with Crippen LogP contribution in [0.25, 0.3) is 32.9 Å². The number of aromatic nitrogens is 4. The fraction of sp³-hybridized carbons (Fsp3) is 0.208. The predicted molar refractivity (Wildman–Crippen MR) is 117 cm³/mol. The zero-order chi connectivity index (χ0) is 20.8. The summed E-state index contributed by atoms with van der Waals surface area (Å²) in [5.41, 5.74) is 7.08. The summed E-state index contributed by atoms with van der Waals surface area (Å²) in [4.78, 5) is 4.69. The Balaban J connectivity index is 1.71. The van der Waals surface area contributed by atoms with E-state index in [2.05, 4.69) is 46.4 Å². The van der Waals surface area contributed by atoms with Crippen molar-refractivity contribution in [3.8, 4) is 16.9 Å². The predicted octanol–water partition coefficient (Wildman–Crippen LogP) is 5.22. The molecular formula is C24H22N4O2. The van der Waals surface area contributed by atoms with Crippen LogP contribution in [0.3, 0.4) is 0 Å². The first-order valence-electron chi connectivity index (χ1n) is 9.86. The molecule has 3 aromatic heterocycles. The van der Waals surface area contributed by atoms with Gasteiger partial charge in [-0.1, -0.05) is 35.0 Å². The van der Waals surface area contributed by atoms with Crippen LogP contribution in [0.4, 0.5) is 0 Å². The highest BCUT2D eigenvalue weighted by atomic mass is 16.5. The second-order valence-corrected chi connectivity index (χ2v) is 7.62. The molecule has 0 saturated carbocycles. The van der Waals surface area contributed by atoms with Crippen LogP contribution in [-0.4, -0.2) is 27.0 Å². The second-order valence-electron chi connectivity index (χ2n) is 7.62. The van der Waals surface area contributed by atoms with E-state index in [0.29, 0.717) is 6.54 Å². The van der Waals surface area contributed by atoms with Crippen LogP contribution in [-0.2, 0) is 6.54 Å². The van der Waals surface area contributed by atoms with Crippen LogP contribution < -0.4 is 4.74 Å². The number of aryl methyl sites for hydroxylation is 3. The second kappa shape index (κ2) is 6.99. The Bertz CT molecular complexity index is 1360. The molecule has 0 aliphatic heterocycles. The fourth-order valence-corrected chi connectivity index (χ4v) is 4.01. The van der Waals surface area contributed by atoms with Gasteiger partial charge in [0, 0.05) is 22.5 Å². The molecule has 0 fully saturated rings. The third-order valence-electron chi connectivity index (χ3n) is 5.54. The number of hydrogen-bond donors (Lipinski definition) is 0. The molecule has 30 heavy (non-hydrogen) atoms. The zero-order valence-electron chi connectivity index (χ0n) is 17.4. The van der Waals surface area contributed by atoms with E-state index in [9.17, 15) is 0 Å². The molecule has 3 heterocycles. The number of benzene rings is 2. The molecule has 5 rings (SSSR count). The van der Waals surface area contributed by atoms with Gasteiger partial charge in [0.25, 0.3) is 0 Å². The van der Waals surface area contributed by atoms with Gasteiger partial charge in [-0.3, -0.25) is 9.67 Å². The van der Waals surface area contributed by atoms with Crippen molar-refractivity contribution in [2.45, 2.75) is 27.3 Å². The maximum absolute atomic E-state index is 5.76. The average molecular weight is 398 g/mol. The van der Waals surface area contributed by atoms with Gasteiger partial charge in [-0.2, -0.15) is 5.10 Å². The summed E-state index contributed by atoms with van der Waals surface area (Å²) in [7, 11) is 1.68.